The largest absolute Gasteiger partial charge is 0.373 e. The molecule has 2 rings (SSSR count). The first-order valence-corrected chi connectivity index (χ1v) is 7.44. The van der Waals surface area contributed by atoms with Crippen molar-refractivity contribution >= 4 is 6.29 Å². The number of aldehydes is 1. The molecule has 0 amide bonds. The number of benzene rings is 2. The Morgan fingerprint density at radius 1 is 0.952 bits per heavy atom. The van der Waals surface area contributed by atoms with Crippen LogP contribution in [0.1, 0.15) is 24.5 Å². The smallest absolute Gasteiger partial charge is 0.125 e. The summed E-state index contributed by atoms with van der Waals surface area (Å²) in [7, 11) is 0. The van der Waals surface area contributed by atoms with Crippen LogP contribution in [0.3, 0.4) is 0 Å². The molecule has 2 atom stereocenters. The molecule has 0 aliphatic rings. The minimum atomic E-state index is -0.0857. The summed E-state index contributed by atoms with van der Waals surface area (Å²) in [5.74, 6) is -0.0857. The van der Waals surface area contributed by atoms with Crippen LogP contribution in [-0.4, -0.2) is 12.4 Å². The first-order chi connectivity index (χ1) is 10.3. The molecule has 0 unspecified atom stereocenters. The third-order valence-corrected chi connectivity index (χ3v) is 3.67. The molecular formula is C19H22O2. The van der Waals surface area contributed by atoms with Crippen LogP contribution < -0.4 is 0 Å². The quantitative estimate of drug-likeness (QED) is 0.683. The van der Waals surface area contributed by atoms with E-state index >= 15 is 0 Å². The van der Waals surface area contributed by atoms with Crippen LogP contribution in [0.4, 0.5) is 0 Å². The van der Waals surface area contributed by atoms with E-state index in [1.807, 2.05) is 55.5 Å². The molecular weight excluding hydrogens is 260 g/mol. The highest BCUT2D eigenvalue weighted by Crippen LogP contribution is 2.16. The Hall–Kier alpha value is -1.93. The van der Waals surface area contributed by atoms with Gasteiger partial charge < -0.3 is 9.53 Å². The van der Waals surface area contributed by atoms with Gasteiger partial charge in [-0.25, -0.2) is 0 Å². The van der Waals surface area contributed by atoms with E-state index in [1.54, 1.807) is 0 Å². The van der Waals surface area contributed by atoms with Gasteiger partial charge in [0.15, 0.2) is 0 Å². The maximum atomic E-state index is 11.1. The van der Waals surface area contributed by atoms with Gasteiger partial charge in [0, 0.05) is 5.92 Å². The fourth-order valence-electron chi connectivity index (χ4n) is 2.32. The number of hydrogen-bond donors (Lipinski definition) is 0. The minimum absolute atomic E-state index is 0.0390. The molecule has 2 heteroatoms. The molecule has 2 nitrogen and oxygen atoms in total. The molecule has 21 heavy (non-hydrogen) atoms. The summed E-state index contributed by atoms with van der Waals surface area (Å²) in [4.78, 5) is 11.1. The average molecular weight is 282 g/mol. The Labute approximate surface area is 126 Å². The number of ether oxygens (including phenoxy) is 1. The van der Waals surface area contributed by atoms with E-state index in [4.69, 9.17) is 4.74 Å². The zero-order valence-electron chi connectivity index (χ0n) is 12.4. The van der Waals surface area contributed by atoms with Crippen LogP contribution in [0.25, 0.3) is 0 Å². The summed E-state index contributed by atoms with van der Waals surface area (Å²) >= 11 is 0. The number of rotatable bonds is 8. The fourth-order valence-corrected chi connectivity index (χ4v) is 2.32. The van der Waals surface area contributed by atoms with Gasteiger partial charge in [0.05, 0.1) is 12.7 Å². The Bertz CT molecular complexity index is 478. The molecule has 0 spiro atoms. The van der Waals surface area contributed by atoms with Crippen molar-refractivity contribution in [3.63, 3.8) is 0 Å². The normalized spacial score (nSPS) is 13.6. The number of carbonyl (C=O) groups excluding carboxylic acids is 1. The third-order valence-electron chi connectivity index (χ3n) is 3.67. The van der Waals surface area contributed by atoms with E-state index in [1.165, 1.54) is 5.56 Å². The van der Waals surface area contributed by atoms with E-state index in [9.17, 15) is 4.79 Å². The number of carbonyl (C=O) groups is 1. The highest BCUT2D eigenvalue weighted by Gasteiger charge is 2.17. The molecule has 110 valence electrons. The second-order valence-corrected chi connectivity index (χ2v) is 5.35. The lowest BCUT2D eigenvalue weighted by atomic mass is 9.98. The van der Waals surface area contributed by atoms with Gasteiger partial charge in [-0.2, -0.15) is 0 Å². The van der Waals surface area contributed by atoms with Crippen molar-refractivity contribution in [1.82, 2.24) is 0 Å². The SMILES string of the molecule is C[C@@H](C=O)[C@H](CCc1ccccc1)OCc1ccccc1. The van der Waals surface area contributed by atoms with E-state index in [0.717, 1.165) is 24.7 Å². The van der Waals surface area contributed by atoms with Crippen LogP contribution in [0.15, 0.2) is 60.7 Å². The molecule has 0 saturated heterocycles. The van der Waals surface area contributed by atoms with Gasteiger partial charge in [-0.3, -0.25) is 0 Å². The topological polar surface area (TPSA) is 26.3 Å². The van der Waals surface area contributed by atoms with Crippen LogP contribution in [0.2, 0.25) is 0 Å². The minimum Gasteiger partial charge on any atom is -0.373 e. The fraction of sp³-hybridized carbons (Fsp3) is 0.316. The molecule has 0 saturated carbocycles. The van der Waals surface area contributed by atoms with Crippen molar-refractivity contribution in [2.24, 2.45) is 5.92 Å². The summed E-state index contributed by atoms with van der Waals surface area (Å²) < 4.78 is 5.97. The first kappa shape index (κ1) is 15.5. The van der Waals surface area contributed by atoms with Gasteiger partial charge in [0.1, 0.15) is 6.29 Å². The van der Waals surface area contributed by atoms with Crippen molar-refractivity contribution in [2.45, 2.75) is 32.5 Å². The molecule has 0 bridgehead atoms. The lowest BCUT2D eigenvalue weighted by Crippen LogP contribution is -2.23. The predicted molar refractivity (Wildman–Crippen MR) is 85.0 cm³/mol. The summed E-state index contributed by atoms with van der Waals surface area (Å²) in [6.45, 7) is 2.48. The zero-order chi connectivity index (χ0) is 14.9. The lowest BCUT2D eigenvalue weighted by Gasteiger charge is -2.21. The lowest BCUT2D eigenvalue weighted by molar-refractivity contribution is -0.116. The molecule has 0 N–H and O–H groups in total. The van der Waals surface area contributed by atoms with Gasteiger partial charge in [-0.05, 0) is 24.0 Å². The van der Waals surface area contributed by atoms with Gasteiger partial charge in [-0.15, -0.1) is 0 Å². The summed E-state index contributed by atoms with van der Waals surface area (Å²) in [6.07, 6.45) is 2.73. The molecule has 0 aliphatic carbocycles. The van der Waals surface area contributed by atoms with Gasteiger partial charge in [0.25, 0.3) is 0 Å². The maximum absolute atomic E-state index is 11.1. The summed E-state index contributed by atoms with van der Waals surface area (Å²) in [6, 6.07) is 20.4. The number of aryl methyl sites for hydroxylation is 1. The van der Waals surface area contributed by atoms with Crippen LogP contribution in [0.5, 0.6) is 0 Å². The van der Waals surface area contributed by atoms with Crippen molar-refractivity contribution in [3.05, 3.63) is 71.8 Å². The Morgan fingerprint density at radius 3 is 2.10 bits per heavy atom. The van der Waals surface area contributed by atoms with Crippen LogP contribution >= 0.6 is 0 Å². The van der Waals surface area contributed by atoms with Crippen molar-refractivity contribution in [3.8, 4) is 0 Å². The molecule has 0 heterocycles. The summed E-state index contributed by atoms with van der Waals surface area (Å²) in [5, 5.41) is 0. The van der Waals surface area contributed by atoms with Crippen LogP contribution in [-0.2, 0) is 22.6 Å². The molecule has 2 aromatic rings. The number of hydrogen-bond acceptors (Lipinski definition) is 2. The Morgan fingerprint density at radius 2 is 1.52 bits per heavy atom. The van der Waals surface area contributed by atoms with Gasteiger partial charge >= 0.3 is 0 Å². The van der Waals surface area contributed by atoms with Gasteiger partial charge in [-0.1, -0.05) is 67.6 Å². The molecule has 0 fully saturated rings. The second-order valence-electron chi connectivity index (χ2n) is 5.35. The Kier molecular flexibility index (Phi) is 6.17. The highest BCUT2D eigenvalue weighted by molar-refractivity contribution is 5.53. The van der Waals surface area contributed by atoms with E-state index in [0.29, 0.717) is 6.61 Å². The predicted octanol–water partition coefficient (Wildman–Crippen LogP) is 4.04. The third kappa shape index (κ3) is 5.16. The van der Waals surface area contributed by atoms with Crippen molar-refractivity contribution in [1.29, 1.82) is 0 Å². The van der Waals surface area contributed by atoms with E-state index in [2.05, 4.69) is 12.1 Å². The standard InChI is InChI=1S/C19H22O2/c1-16(14-20)19(13-12-17-8-4-2-5-9-17)21-15-18-10-6-3-7-11-18/h2-11,14,16,19H,12-13,15H2,1H3/t16-,19-/m0/s1. The van der Waals surface area contributed by atoms with Crippen LogP contribution in [0, 0.1) is 5.92 Å². The molecule has 0 aliphatic heterocycles. The van der Waals surface area contributed by atoms with Crippen molar-refractivity contribution in [2.75, 3.05) is 0 Å². The van der Waals surface area contributed by atoms with E-state index in [-0.39, 0.29) is 12.0 Å². The molecule has 2 aromatic carbocycles. The second kappa shape index (κ2) is 8.38. The summed E-state index contributed by atoms with van der Waals surface area (Å²) in [5.41, 5.74) is 2.42. The monoisotopic (exact) mass is 282 g/mol. The first-order valence-electron chi connectivity index (χ1n) is 7.44. The van der Waals surface area contributed by atoms with Gasteiger partial charge in [0.2, 0.25) is 0 Å². The maximum Gasteiger partial charge on any atom is 0.125 e. The molecule has 0 radical (unpaired) electrons. The zero-order valence-corrected chi connectivity index (χ0v) is 12.4. The Balaban J connectivity index is 1.90. The molecule has 0 aromatic heterocycles. The average Bonchev–Trinajstić information content (AvgIpc) is 2.56. The van der Waals surface area contributed by atoms with E-state index < -0.39 is 0 Å². The van der Waals surface area contributed by atoms with Crippen molar-refractivity contribution < 1.29 is 9.53 Å². The highest BCUT2D eigenvalue weighted by atomic mass is 16.5.